The molecule has 0 amide bonds. The van der Waals surface area contributed by atoms with Crippen molar-refractivity contribution in [2.45, 2.75) is 51.8 Å². The summed E-state index contributed by atoms with van der Waals surface area (Å²) in [6.07, 6.45) is 1.51. The Bertz CT molecular complexity index is 893. The lowest BCUT2D eigenvalue weighted by molar-refractivity contribution is -0.217. The van der Waals surface area contributed by atoms with Crippen LogP contribution in [0.15, 0.2) is 66.2 Å². The van der Waals surface area contributed by atoms with Gasteiger partial charge in [0, 0.05) is 31.5 Å². The Balaban J connectivity index is 1.57. The number of benzene rings is 2. The highest BCUT2D eigenvalue weighted by Gasteiger charge is 2.57. The van der Waals surface area contributed by atoms with E-state index in [0.29, 0.717) is 26.2 Å². The van der Waals surface area contributed by atoms with Crippen LogP contribution in [0.2, 0.25) is 0 Å². The van der Waals surface area contributed by atoms with Crippen LogP contribution in [0.25, 0.3) is 0 Å². The van der Waals surface area contributed by atoms with Crippen molar-refractivity contribution in [3.8, 4) is 5.75 Å². The second-order valence-corrected chi connectivity index (χ2v) is 9.37. The van der Waals surface area contributed by atoms with E-state index in [1.807, 2.05) is 74.5 Å². The zero-order valence-corrected chi connectivity index (χ0v) is 20.6. The van der Waals surface area contributed by atoms with Gasteiger partial charge in [0.25, 0.3) is 0 Å². The van der Waals surface area contributed by atoms with Gasteiger partial charge >= 0.3 is 0 Å². The van der Waals surface area contributed by atoms with Gasteiger partial charge < -0.3 is 29.2 Å². The molecule has 34 heavy (non-hydrogen) atoms. The second kappa shape index (κ2) is 12.5. The first-order valence-electron chi connectivity index (χ1n) is 11.8. The summed E-state index contributed by atoms with van der Waals surface area (Å²) < 4.78 is 22.9. The number of aliphatic hydroxyl groups excluding tert-OH is 2. The van der Waals surface area contributed by atoms with Gasteiger partial charge in [-0.15, -0.1) is 0 Å². The molecule has 0 spiro atoms. The maximum Gasteiger partial charge on any atom is 0.118 e. The molecular weight excluding hydrogens is 432 g/mol. The third kappa shape index (κ3) is 6.46. The molecule has 0 saturated heterocycles. The van der Waals surface area contributed by atoms with Gasteiger partial charge in [0.1, 0.15) is 5.75 Å². The summed E-state index contributed by atoms with van der Waals surface area (Å²) in [6, 6.07) is 17.8. The zero-order valence-electron chi connectivity index (χ0n) is 20.6. The van der Waals surface area contributed by atoms with Crippen LogP contribution in [0.1, 0.15) is 31.4 Å². The monoisotopic (exact) mass is 470 g/mol. The molecular formula is C28H38O6. The SMILES string of the molecule is COc1ccc(COCC[C@H](/C=C(/CO)[C@@H]2[C@H](O)C(C)(C)[C@H]2OCc2ccccc2)OC)cc1. The molecule has 0 radical (unpaired) electrons. The van der Waals surface area contributed by atoms with Crippen molar-refractivity contribution < 1.29 is 29.2 Å². The van der Waals surface area contributed by atoms with Gasteiger partial charge in [0.05, 0.1) is 45.2 Å². The summed E-state index contributed by atoms with van der Waals surface area (Å²) in [5, 5.41) is 21.0. The predicted octanol–water partition coefficient (Wildman–Crippen LogP) is 4.14. The molecule has 1 aliphatic carbocycles. The smallest absolute Gasteiger partial charge is 0.118 e. The van der Waals surface area contributed by atoms with E-state index in [9.17, 15) is 10.2 Å². The number of methoxy groups -OCH3 is 2. The minimum Gasteiger partial charge on any atom is -0.497 e. The fourth-order valence-corrected chi connectivity index (χ4v) is 4.51. The molecule has 0 heterocycles. The minimum absolute atomic E-state index is 0.157. The van der Waals surface area contributed by atoms with E-state index in [0.717, 1.165) is 22.4 Å². The summed E-state index contributed by atoms with van der Waals surface area (Å²) in [6.45, 7) is 5.31. The third-order valence-electron chi connectivity index (χ3n) is 6.72. The topological polar surface area (TPSA) is 77.4 Å². The molecule has 0 aromatic heterocycles. The fourth-order valence-electron chi connectivity index (χ4n) is 4.51. The molecule has 2 aromatic carbocycles. The predicted molar refractivity (Wildman–Crippen MR) is 132 cm³/mol. The van der Waals surface area contributed by atoms with Crippen LogP contribution in [-0.4, -0.2) is 56.0 Å². The van der Waals surface area contributed by atoms with Gasteiger partial charge in [-0.2, -0.15) is 0 Å². The van der Waals surface area contributed by atoms with Crippen LogP contribution < -0.4 is 4.74 Å². The van der Waals surface area contributed by atoms with E-state index in [1.54, 1.807) is 14.2 Å². The van der Waals surface area contributed by atoms with Gasteiger partial charge in [0.15, 0.2) is 0 Å². The van der Waals surface area contributed by atoms with E-state index < -0.39 is 11.5 Å². The van der Waals surface area contributed by atoms with Crippen molar-refractivity contribution in [2.75, 3.05) is 27.4 Å². The second-order valence-electron chi connectivity index (χ2n) is 9.37. The van der Waals surface area contributed by atoms with Crippen LogP contribution in [0.5, 0.6) is 5.75 Å². The molecule has 6 nitrogen and oxygen atoms in total. The molecule has 1 saturated carbocycles. The lowest BCUT2D eigenvalue weighted by atomic mass is 9.56. The van der Waals surface area contributed by atoms with Crippen LogP contribution in [-0.2, 0) is 27.4 Å². The van der Waals surface area contributed by atoms with E-state index in [2.05, 4.69) is 0 Å². The Morgan fingerprint density at radius 2 is 1.68 bits per heavy atom. The summed E-state index contributed by atoms with van der Waals surface area (Å²) >= 11 is 0. The molecule has 2 N–H and O–H groups in total. The molecule has 3 rings (SSSR count). The highest BCUT2D eigenvalue weighted by Crippen LogP contribution is 2.51. The maximum atomic E-state index is 10.9. The molecule has 1 fully saturated rings. The lowest BCUT2D eigenvalue weighted by Crippen LogP contribution is -2.63. The van der Waals surface area contributed by atoms with E-state index in [1.165, 1.54) is 0 Å². The number of ether oxygens (including phenoxy) is 4. The Morgan fingerprint density at radius 3 is 2.29 bits per heavy atom. The van der Waals surface area contributed by atoms with Crippen LogP contribution >= 0.6 is 0 Å². The first kappa shape index (κ1) is 26.4. The zero-order chi connectivity index (χ0) is 24.6. The lowest BCUT2D eigenvalue weighted by Gasteiger charge is -2.56. The average molecular weight is 471 g/mol. The Hall–Kier alpha value is -2.22. The maximum absolute atomic E-state index is 10.9. The Morgan fingerprint density at radius 1 is 1.00 bits per heavy atom. The quantitative estimate of drug-likeness (QED) is 0.339. The highest BCUT2D eigenvalue weighted by molar-refractivity contribution is 5.27. The van der Waals surface area contributed by atoms with Gasteiger partial charge in [-0.25, -0.2) is 0 Å². The van der Waals surface area contributed by atoms with Gasteiger partial charge in [0.2, 0.25) is 0 Å². The summed E-state index contributed by atoms with van der Waals surface area (Å²) in [5.41, 5.74) is 2.49. The Kier molecular flexibility index (Phi) is 9.68. The van der Waals surface area contributed by atoms with E-state index in [-0.39, 0.29) is 24.7 Å². The van der Waals surface area contributed by atoms with Crippen LogP contribution in [0, 0.1) is 11.3 Å². The first-order chi connectivity index (χ1) is 16.4. The Labute approximate surface area is 203 Å². The van der Waals surface area contributed by atoms with Crippen molar-refractivity contribution in [3.05, 3.63) is 77.4 Å². The molecule has 2 aromatic rings. The molecule has 0 aliphatic heterocycles. The number of hydrogen-bond acceptors (Lipinski definition) is 6. The first-order valence-corrected chi connectivity index (χ1v) is 11.8. The molecule has 186 valence electrons. The molecule has 0 bridgehead atoms. The van der Waals surface area contributed by atoms with Gasteiger partial charge in [-0.3, -0.25) is 0 Å². The largest absolute Gasteiger partial charge is 0.497 e. The molecule has 1 aliphatic rings. The van der Waals surface area contributed by atoms with Crippen molar-refractivity contribution >= 4 is 0 Å². The van der Waals surface area contributed by atoms with Crippen LogP contribution in [0.4, 0.5) is 0 Å². The van der Waals surface area contributed by atoms with E-state index >= 15 is 0 Å². The summed E-state index contributed by atoms with van der Waals surface area (Å²) in [5.74, 6) is 0.541. The number of rotatable bonds is 13. The number of hydrogen-bond donors (Lipinski definition) is 2. The molecule has 0 unspecified atom stereocenters. The standard InChI is InChI=1S/C28H38O6/c1-28(2)26(30)25(27(28)34-19-20-8-6-5-7-9-20)22(17-29)16-24(32-4)14-15-33-18-21-10-12-23(31-3)13-11-21/h5-13,16,24-27,29-30H,14-15,17-19H2,1-4H3/b22-16-/t24-,25-,26+,27+/m1/s1. The van der Waals surface area contributed by atoms with Crippen molar-refractivity contribution in [1.82, 2.24) is 0 Å². The summed E-state index contributed by atoms with van der Waals surface area (Å²) in [4.78, 5) is 0. The fraction of sp³-hybridized carbons (Fsp3) is 0.500. The van der Waals surface area contributed by atoms with Crippen molar-refractivity contribution in [3.63, 3.8) is 0 Å². The van der Waals surface area contributed by atoms with Crippen molar-refractivity contribution in [2.24, 2.45) is 11.3 Å². The van der Waals surface area contributed by atoms with Gasteiger partial charge in [-0.1, -0.05) is 62.4 Å². The van der Waals surface area contributed by atoms with Gasteiger partial charge in [-0.05, 0) is 28.8 Å². The average Bonchev–Trinajstić information content (AvgIpc) is 2.87. The normalized spacial score (nSPS) is 22.8. The highest BCUT2D eigenvalue weighted by atomic mass is 16.5. The molecule has 4 atom stereocenters. The third-order valence-corrected chi connectivity index (χ3v) is 6.72. The molecule has 6 heteroatoms. The number of aliphatic hydroxyl groups is 2. The van der Waals surface area contributed by atoms with Crippen LogP contribution in [0.3, 0.4) is 0 Å². The van der Waals surface area contributed by atoms with Crippen molar-refractivity contribution in [1.29, 1.82) is 0 Å². The summed E-state index contributed by atoms with van der Waals surface area (Å²) in [7, 11) is 3.29. The van der Waals surface area contributed by atoms with E-state index in [4.69, 9.17) is 18.9 Å². The minimum atomic E-state index is -0.601.